The molecule has 3 aromatic rings. The van der Waals surface area contributed by atoms with E-state index in [0.29, 0.717) is 16.9 Å². The summed E-state index contributed by atoms with van der Waals surface area (Å²) < 4.78 is 30.5. The lowest BCUT2D eigenvalue weighted by molar-refractivity contribution is 0.103. The minimum absolute atomic E-state index is 0.0159. The molecule has 0 atom stereocenters. The van der Waals surface area contributed by atoms with E-state index in [1.165, 1.54) is 0 Å². The van der Waals surface area contributed by atoms with Gasteiger partial charge >= 0.3 is 0 Å². The molecule has 4 rings (SSSR count). The summed E-state index contributed by atoms with van der Waals surface area (Å²) in [5.41, 5.74) is 4.54. The fourth-order valence-electron chi connectivity index (χ4n) is 4.14. The minimum atomic E-state index is -3.26. The molecule has 1 aromatic heterocycles. The van der Waals surface area contributed by atoms with E-state index in [1.807, 2.05) is 24.3 Å². The summed E-state index contributed by atoms with van der Waals surface area (Å²) in [5.74, 6) is 0.578. The highest BCUT2D eigenvalue weighted by atomic mass is 32.2. The van der Waals surface area contributed by atoms with Crippen LogP contribution >= 0.6 is 0 Å². The van der Waals surface area contributed by atoms with Crippen LogP contribution in [0.4, 0.5) is 0 Å². The van der Waals surface area contributed by atoms with Crippen LogP contribution in [0.2, 0.25) is 0 Å². The van der Waals surface area contributed by atoms with Crippen molar-refractivity contribution < 1.29 is 17.9 Å². The predicted octanol–water partition coefficient (Wildman–Crippen LogP) is 3.01. The monoisotopic (exact) mass is 439 g/mol. The molecule has 2 N–H and O–H groups in total. The first-order valence-corrected chi connectivity index (χ1v) is 11.9. The van der Waals surface area contributed by atoms with E-state index in [1.54, 1.807) is 25.4 Å². The number of benzene rings is 2. The number of nitrogens with one attached hydrogen (secondary N) is 2. The average molecular weight is 440 g/mol. The van der Waals surface area contributed by atoms with Crippen LogP contribution in [-0.4, -0.2) is 51.9 Å². The molecule has 0 radical (unpaired) electrons. The van der Waals surface area contributed by atoms with Gasteiger partial charge in [-0.1, -0.05) is 26.0 Å². The van der Waals surface area contributed by atoms with Crippen LogP contribution in [0.25, 0.3) is 10.9 Å². The zero-order valence-corrected chi connectivity index (χ0v) is 18.8. The van der Waals surface area contributed by atoms with Crippen LogP contribution in [0.15, 0.2) is 41.4 Å². The summed E-state index contributed by atoms with van der Waals surface area (Å²) in [5, 5.41) is 0.902. The molecule has 0 spiro atoms. The molecular weight excluding hydrogens is 414 g/mol. The van der Waals surface area contributed by atoms with Crippen molar-refractivity contribution in [2.75, 3.05) is 26.5 Å². The van der Waals surface area contributed by atoms with Crippen molar-refractivity contribution in [2.45, 2.75) is 19.3 Å². The Morgan fingerprint density at radius 2 is 1.97 bits per heavy atom. The Balaban J connectivity index is 1.71. The van der Waals surface area contributed by atoms with E-state index in [4.69, 9.17) is 4.74 Å². The third-order valence-corrected chi connectivity index (χ3v) is 6.33. The molecule has 1 heterocycles. The smallest absolute Gasteiger partial charge is 0.208 e. The van der Waals surface area contributed by atoms with Crippen molar-refractivity contribution in [3.05, 3.63) is 64.3 Å². The topological polar surface area (TPSA) is 101 Å². The number of H-pyrrole nitrogens is 1. The van der Waals surface area contributed by atoms with Gasteiger partial charge in [-0.25, -0.2) is 13.1 Å². The highest BCUT2D eigenvalue weighted by molar-refractivity contribution is 7.88. The number of hydrogen-bond donors (Lipinski definition) is 2. The fourth-order valence-corrected chi connectivity index (χ4v) is 4.60. The van der Waals surface area contributed by atoms with Crippen molar-refractivity contribution in [2.24, 2.45) is 4.99 Å². The number of aromatic amines is 1. The summed E-state index contributed by atoms with van der Waals surface area (Å²) >= 11 is 0. The van der Waals surface area contributed by atoms with Gasteiger partial charge in [0.15, 0.2) is 5.78 Å². The number of ketones is 1. The molecule has 0 bridgehead atoms. The molecular formula is C23H25N3O4S. The van der Waals surface area contributed by atoms with Crippen molar-refractivity contribution in [3.8, 4) is 5.75 Å². The zero-order valence-electron chi connectivity index (χ0n) is 17.9. The molecule has 7 nitrogen and oxygen atoms in total. The molecule has 0 saturated heterocycles. The summed E-state index contributed by atoms with van der Waals surface area (Å²) in [6, 6.07) is 11.3. The summed E-state index contributed by atoms with van der Waals surface area (Å²) in [6.07, 6.45) is 2.89. The van der Waals surface area contributed by atoms with Gasteiger partial charge < -0.3 is 9.72 Å². The first kappa shape index (κ1) is 21.3. The van der Waals surface area contributed by atoms with Gasteiger partial charge in [-0.2, -0.15) is 0 Å². The van der Waals surface area contributed by atoms with Gasteiger partial charge in [0.2, 0.25) is 10.0 Å². The second-order valence-corrected chi connectivity index (χ2v) is 10.1. The van der Waals surface area contributed by atoms with Gasteiger partial charge in [0, 0.05) is 47.4 Å². The van der Waals surface area contributed by atoms with Gasteiger partial charge in [0.05, 0.1) is 11.8 Å². The lowest BCUT2D eigenvalue weighted by Gasteiger charge is -2.32. The Kier molecular flexibility index (Phi) is 5.23. The van der Waals surface area contributed by atoms with Crippen LogP contribution in [0.5, 0.6) is 5.75 Å². The van der Waals surface area contributed by atoms with E-state index in [9.17, 15) is 13.2 Å². The fraction of sp³-hybridized carbons (Fsp3) is 0.304. The predicted molar refractivity (Wildman–Crippen MR) is 122 cm³/mol. The standard InChI is InChI=1S/C23H25N3O4S/c1-23(2)18-12-15(30-10-9-25-31(4,28)29)6-8-16(18)21(27)20-17-7-5-14(13-24-3)11-19(17)26-22(20)23/h5-8,11-13,25-26H,9-10H2,1-4H3. The van der Waals surface area contributed by atoms with Crippen molar-refractivity contribution in [1.29, 1.82) is 0 Å². The SMILES string of the molecule is CN=Cc1ccc2c3c([nH]c2c1)C(C)(C)c1cc(OCCNS(C)(=O)=O)ccc1C3=O. The van der Waals surface area contributed by atoms with E-state index in [-0.39, 0.29) is 18.9 Å². The van der Waals surface area contributed by atoms with Crippen LogP contribution in [0.3, 0.4) is 0 Å². The molecule has 31 heavy (non-hydrogen) atoms. The number of hydrogen-bond acceptors (Lipinski definition) is 5. The Labute approximate surface area is 181 Å². The Hall–Kier alpha value is -2.97. The third kappa shape index (κ3) is 3.88. The first-order valence-electron chi connectivity index (χ1n) is 9.97. The molecule has 8 heteroatoms. The number of aromatic nitrogens is 1. The third-order valence-electron chi connectivity index (χ3n) is 5.60. The maximum Gasteiger partial charge on any atom is 0.208 e. The van der Waals surface area contributed by atoms with E-state index < -0.39 is 15.4 Å². The number of carbonyl (C=O) groups is 1. The maximum absolute atomic E-state index is 13.4. The lowest BCUT2D eigenvalue weighted by atomic mass is 9.71. The quantitative estimate of drug-likeness (QED) is 0.455. The van der Waals surface area contributed by atoms with E-state index >= 15 is 0 Å². The van der Waals surface area contributed by atoms with Gasteiger partial charge in [-0.3, -0.25) is 9.79 Å². The number of aliphatic imine (C=N–C) groups is 1. The van der Waals surface area contributed by atoms with Gasteiger partial charge in [0.1, 0.15) is 12.4 Å². The average Bonchev–Trinajstić information content (AvgIpc) is 3.09. The summed E-state index contributed by atoms with van der Waals surface area (Å²) in [4.78, 5) is 20.9. The van der Waals surface area contributed by atoms with Crippen LogP contribution < -0.4 is 9.46 Å². The Bertz CT molecular complexity index is 1320. The first-order chi connectivity index (χ1) is 14.6. The molecule has 0 aliphatic heterocycles. The van der Waals surface area contributed by atoms with Gasteiger partial charge in [-0.15, -0.1) is 0 Å². The highest BCUT2D eigenvalue weighted by Gasteiger charge is 2.39. The lowest BCUT2D eigenvalue weighted by Crippen LogP contribution is -2.30. The second-order valence-electron chi connectivity index (χ2n) is 8.24. The molecule has 1 aliphatic rings. The van der Waals surface area contributed by atoms with Crippen LogP contribution in [0.1, 0.15) is 46.6 Å². The number of fused-ring (bicyclic) bond motifs is 4. The van der Waals surface area contributed by atoms with Crippen LogP contribution in [-0.2, 0) is 15.4 Å². The molecule has 0 unspecified atom stereocenters. The zero-order chi connectivity index (χ0) is 22.4. The van der Waals surface area contributed by atoms with Crippen molar-refractivity contribution in [3.63, 3.8) is 0 Å². The normalized spacial score (nSPS) is 15.3. The largest absolute Gasteiger partial charge is 0.492 e. The number of sulfonamides is 1. The van der Waals surface area contributed by atoms with Gasteiger partial charge in [0.25, 0.3) is 0 Å². The minimum Gasteiger partial charge on any atom is -0.492 e. The molecule has 0 amide bonds. The number of nitrogens with zero attached hydrogens (tertiary/aromatic N) is 1. The number of rotatable bonds is 6. The molecule has 0 fully saturated rings. The second kappa shape index (κ2) is 7.62. The summed E-state index contributed by atoms with van der Waals surface area (Å²) in [7, 11) is -1.53. The van der Waals surface area contributed by atoms with Crippen molar-refractivity contribution in [1.82, 2.24) is 9.71 Å². The summed E-state index contributed by atoms with van der Waals surface area (Å²) in [6.45, 7) is 4.53. The molecule has 162 valence electrons. The van der Waals surface area contributed by atoms with Gasteiger partial charge in [-0.05, 0) is 35.4 Å². The van der Waals surface area contributed by atoms with E-state index in [2.05, 4.69) is 28.5 Å². The molecule has 0 saturated carbocycles. The van der Waals surface area contributed by atoms with Crippen molar-refractivity contribution >= 4 is 32.9 Å². The number of ether oxygens (including phenoxy) is 1. The van der Waals surface area contributed by atoms with Crippen LogP contribution in [0, 0.1) is 0 Å². The Morgan fingerprint density at radius 1 is 1.19 bits per heavy atom. The molecule has 1 aliphatic carbocycles. The maximum atomic E-state index is 13.4. The highest BCUT2D eigenvalue weighted by Crippen LogP contribution is 2.44. The van der Waals surface area contributed by atoms with E-state index in [0.717, 1.165) is 34.0 Å². The number of carbonyl (C=O) groups excluding carboxylic acids is 1. The Morgan fingerprint density at radius 3 is 2.68 bits per heavy atom. The molecule has 2 aromatic carbocycles.